The maximum Gasteiger partial charge on any atom is 0.251 e. The van der Waals surface area contributed by atoms with Gasteiger partial charge in [0.1, 0.15) is 0 Å². The number of amides is 2. The average molecular weight is 377 g/mol. The van der Waals surface area contributed by atoms with Crippen LogP contribution in [-0.4, -0.2) is 18.4 Å². The van der Waals surface area contributed by atoms with Crippen molar-refractivity contribution >= 4 is 17.5 Å². The number of carbonyl (C=O) groups is 2. The Kier molecular flexibility index (Phi) is 5.75. The zero-order chi connectivity index (χ0) is 19.3. The van der Waals surface area contributed by atoms with Gasteiger partial charge in [-0.2, -0.15) is 0 Å². The van der Waals surface area contributed by atoms with Gasteiger partial charge in [-0.1, -0.05) is 30.3 Å². The van der Waals surface area contributed by atoms with E-state index in [1.165, 1.54) is 37.7 Å². The SMILES string of the molecule is O=C1CCc2cc(C(=O)NCC3CCC(Cc4ccccc4)CC3)ccc2N1. The number of fused-ring (bicyclic) bond motifs is 1. The molecule has 0 aromatic heterocycles. The molecule has 1 fully saturated rings. The highest BCUT2D eigenvalue weighted by Crippen LogP contribution is 2.31. The second-order valence-electron chi connectivity index (χ2n) is 8.21. The van der Waals surface area contributed by atoms with Crippen molar-refractivity contribution in [2.24, 2.45) is 11.8 Å². The van der Waals surface area contributed by atoms with E-state index in [9.17, 15) is 9.59 Å². The first-order valence-corrected chi connectivity index (χ1v) is 10.4. The largest absolute Gasteiger partial charge is 0.352 e. The van der Waals surface area contributed by atoms with Crippen LogP contribution in [0.2, 0.25) is 0 Å². The van der Waals surface area contributed by atoms with E-state index in [4.69, 9.17) is 0 Å². The molecule has 2 amide bonds. The van der Waals surface area contributed by atoms with Crippen molar-refractivity contribution in [1.82, 2.24) is 5.32 Å². The van der Waals surface area contributed by atoms with E-state index in [0.717, 1.165) is 23.7 Å². The van der Waals surface area contributed by atoms with Gasteiger partial charge in [0.25, 0.3) is 5.91 Å². The quantitative estimate of drug-likeness (QED) is 0.815. The second-order valence-corrected chi connectivity index (χ2v) is 8.21. The van der Waals surface area contributed by atoms with E-state index in [-0.39, 0.29) is 11.8 Å². The summed E-state index contributed by atoms with van der Waals surface area (Å²) >= 11 is 0. The Bertz CT molecular complexity index is 839. The summed E-state index contributed by atoms with van der Waals surface area (Å²) in [5.74, 6) is 1.39. The van der Waals surface area contributed by atoms with Crippen molar-refractivity contribution in [3.63, 3.8) is 0 Å². The lowest BCUT2D eigenvalue weighted by Crippen LogP contribution is -2.31. The number of benzene rings is 2. The third-order valence-electron chi connectivity index (χ3n) is 6.15. The molecule has 28 heavy (non-hydrogen) atoms. The Morgan fingerprint density at radius 1 is 0.964 bits per heavy atom. The molecule has 2 aromatic carbocycles. The fourth-order valence-electron chi connectivity index (χ4n) is 4.45. The van der Waals surface area contributed by atoms with Gasteiger partial charge < -0.3 is 10.6 Å². The van der Waals surface area contributed by atoms with Crippen molar-refractivity contribution in [1.29, 1.82) is 0 Å². The summed E-state index contributed by atoms with van der Waals surface area (Å²) in [6, 6.07) is 16.3. The monoisotopic (exact) mass is 376 g/mol. The minimum atomic E-state index is -0.00823. The molecule has 1 saturated carbocycles. The summed E-state index contributed by atoms with van der Waals surface area (Å²) in [5, 5.41) is 5.98. The normalized spacial score (nSPS) is 21.5. The van der Waals surface area contributed by atoms with Gasteiger partial charge in [0.2, 0.25) is 5.91 Å². The molecular formula is C24H28N2O2. The van der Waals surface area contributed by atoms with Crippen LogP contribution >= 0.6 is 0 Å². The zero-order valence-corrected chi connectivity index (χ0v) is 16.2. The lowest BCUT2D eigenvalue weighted by molar-refractivity contribution is -0.116. The maximum atomic E-state index is 12.5. The molecule has 0 atom stereocenters. The molecule has 0 saturated heterocycles. The van der Waals surface area contributed by atoms with Gasteiger partial charge in [-0.05, 0) is 79.7 Å². The van der Waals surface area contributed by atoms with Gasteiger partial charge in [0.05, 0.1) is 0 Å². The molecule has 2 aromatic rings. The number of hydrogen-bond acceptors (Lipinski definition) is 2. The molecule has 2 N–H and O–H groups in total. The smallest absolute Gasteiger partial charge is 0.251 e. The second kappa shape index (κ2) is 8.59. The molecule has 1 heterocycles. The number of hydrogen-bond donors (Lipinski definition) is 2. The Morgan fingerprint density at radius 2 is 1.71 bits per heavy atom. The van der Waals surface area contributed by atoms with Crippen LogP contribution in [0.3, 0.4) is 0 Å². The minimum Gasteiger partial charge on any atom is -0.352 e. The third kappa shape index (κ3) is 4.61. The molecular weight excluding hydrogens is 348 g/mol. The van der Waals surface area contributed by atoms with Crippen LogP contribution in [0.15, 0.2) is 48.5 Å². The van der Waals surface area contributed by atoms with Gasteiger partial charge in [-0.15, -0.1) is 0 Å². The highest BCUT2D eigenvalue weighted by Gasteiger charge is 2.22. The number of rotatable bonds is 5. The summed E-state index contributed by atoms with van der Waals surface area (Å²) in [6.07, 6.45) is 7.23. The van der Waals surface area contributed by atoms with Crippen LogP contribution in [-0.2, 0) is 17.6 Å². The van der Waals surface area contributed by atoms with E-state index in [2.05, 4.69) is 41.0 Å². The number of anilines is 1. The van der Waals surface area contributed by atoms with Crippen molar-refractivity contribution in [3.8, 4) is 0 Å². The Balaban J connectivity index is 1.24. The van der Waals surface area contributed by atoms with Crippen molar-refractivity contribution in [2.45, 2.75) is 44.9 Å². The van der Waals surface area contributed by atoms with Crippen LogP contribution < -0.4 is 10.6 Å². The first-order chi connectivity index (χ1) is 13.7. The number of aryl methyl sites for hydroxylation is 1. The third-order valence-corrected chi connectivity index (χ3v) is 6.15. The van der Waals surface area contributed by atoms with Crippen LogP contribution in [0.5, 0.6) is 0 Å². The summed E-state index contributed by atoms with van der Waals surface area (Å²) in [4.78, 5) is 24.0. The Morgan fingerprint density at radius 3 is 2.50 bits per heavy atom. The fraction of sp³-hybridized carbons (Fsp3) is 0.417. The molecule has 0 radical (unpaired) electrons. The van der Waals surface area contributed by atoms with E-state index in [1.54, 1.807) is 6.07 Å². The molecule has 4 heteroatoms. The Hall–Kier alpha value is -2.62. The van der Waals surface area contributed by atoms with Gasteiger partial charge in [0.15, 0.2) is 0 Å². The predicted octanol–water partition coefficient (Wildman–Crippen LogP) is 4.35. The molecule has 146 valence electrons. The summed E-state index contributed by atoms with van der Waals surface area (Å²) in [6.45, 7) is 0.755. The minimum absolute atomic E-state index is 0.00823. The Labute approximate surface area is 166 Å². The summed E-state index contributed by atoms with van der Waals surface area (Å²) < 4.78 is 0. The van der Waals surface area contributed by atoms with Gasteiger partial charge >= 0.3 is 0 Å². The summed E-state index contributed by atoms with van der Waals surface area (Å²) in [5.41, 5.74) is 4.01. The van der Waals surface area contributed by atoms with Crippen LogP contribution in [0.1, 0.15) is 53.6 Å². The fourth-order valence-corrected chi connectivity index (χ4v) is 4.45. The maximum absolute atomic E-state index is 12.5. The lowest BCUT2D eigenvalue weighted by atomic mass is 9.79. The molecule has 0 bridgehead atoms. The predicted molar refractivity (Wildman–Crippen MR) is 111 cm³/mol. The topological polar surface area (TPSA) is 58.2 Å². The van der Waals surface area contributed by atoms with Crippen LogP contribution in [0, 0.1) is 11.8 Å². The highest BCUT2D eigenvalue weighted by molar-refractivity contribution is 5.97. The number of nitrogens with one attached hydrogen (secondary N) is 2. The van der Waals surface area contributed by atoms with Crippen molar-refractivity contribution in [3.05, 3.63) is 65.2 Å². The van der Waals surface area contributed by atoms with Crippen LogP contribution in [0.4, 0.5) is 5.69 Å². The average Bonchev–Trinajstić information content (AvgIpc) is 2.73. The van der Waals surface area contributed by atoms with Gasteiger partial charge in [0, 0.05) is 24.2 Å². The highest BCUT2D eigenvalue weighted by atomic mass is 16.2. The first kappa shape index (κ1) is 18.7. The molecule has 4 rings (SSSR count). The molecule has 1 aliphatic heterocycles. The summed E-state index contributed by atoms with van der Waals surface area (Å²) in [7, 11) is 0. The van der Waals surface area contributed by atoms with E-state index < -0.39 is 0 Å². The van der Waals surface area contributed by atoms with E-state index >= 15 is 0 Å². The number of carbonyl (C=O) groups excluding carboxylic acids is 2. The molecule has 4 nitrogen and oxygen atoms in total. The van der Waals surface area contributed by atoms with Gasteiger partial charge in [-0.3, -0.25) is 9.59 Å². The van der Waals surface area contributed by atoms with Crippen molar-refractivity contribution < 1.29 is 9.59 Å². The lowest BCUT2D eigenvalue weighted by Gasteiger charge is -2.28. The van der Waals surface area contributed by atoms with E-state index in [1.807, 2.05) is 12.1 Å². The molecule has 1 aliphatic carbocycles. The first-order valence-electron chi connectivity index (χ1n) is 10.4. The van der Waals surface area contributed by atoms with Crippen LogP contribution in [0.25, 0.3) is 0 Å². The molecule has 2 aliphatic rings. The standard InChI is InChI=1S/C24H28N2O2/c27-23-13-11-20-15-21(10-12-22(20)26-23)24(28)25-16-19-8-6-18(7-9-19)14-17-4-2-1-3-5-17/h1-5,10,12,15,18-19H,6-9,11,13-14,16H2,(H,25,28)(H,26,27). The molecule has 0 unspecified atom stereocenters. The van der Waals surface area contributed by atoms with Gasteiger partial charge in [-0.25, -0.2) is 0 Å². The molecule has 0 spiro atoms. The zero-order valence-electron chi connectivity index (χ0n) is 16.2. The van der Waals surface area contributed by atoms with E-state index in [0.29, 0.717) is 24.3 Å². The van der Waals surface area contributed by atoms with Crippen molar-refractivity contribution in [2.75, 3.05) is 11.9 Å².